The lowest BCUT2D eigenvalue weighted by Crippen LogP contribution is -2.44. The Balaban J connectivity index is 4.50. The molecule has 0 unspecified atom stereocenters. The number of nitrogens with two attached hydrogens (primary N) is 1. The number of ether oxygens (including phenoxy) is 1. The molecule has 0 saturated heterocycles. The van der Waals surface area contributed by atoms with E-state index in [2.05, 4.69) is 0 Å². The molecule has 0 bridgehead atoms. The Labute approximate surface area is 96.8 Å². The Morgan fingerprint density at radius 3 is 2.20 bits per heavy atom. The average Bonchev–Trinajstić information content (AvgIpc) is 1.95. The van der Waals surface area contributed by atoms with Crippen LogP contribution in [0.15, 0.2) is 0 Å². The van der Waals surface area contributed by atoms with Gasteiger partial charge in [-0.05, 0) is 34.6 Å². The number of hydrogen-bond acceptors (Lipinski definition) is 3. The molecule has 0 aliphatic heterocycles. The highest BCUT2D eigenvalue weighted by Crippen LogP contribution is 2.11. The minimum Gasteiger partial charge on any atom is -0.444 e. The highest BCUT2D eigenvalue weighted by Gasteiger charge is 2.24. The number of carbonyl (C=O) groups excluding carboxylic acids is 1. The van der Waals surface area contributed by atoms with Gasteiger partial charge in [0.2, 0.25) is 0 Å². The number of amides is 1. The first-order valence-corrected chi connectivity index (χ1v) is 5.32. The minimum absolute atomic E-state index is 0.0151. The highest BCUT2D eigenvalue weighted by atomic mass is 32.1. The van der Waals surface area contributed by atoms with E-state index in [1.54, 1.807) is 0 Å². The maximum absolute atomic E-state index is 11.7. The summed E-state index contributed by atoms with van der Waals surface area (Å²) in [5.74, 6) is 0. The number of nitrogens with zero attached hydrogens (tertiary/aromatic N) is 1. The fourth-order valence-corrected chi connectivity index (χ4v) is 1.09. The van der Waals surface area contributed by atoms with E-state index in [-0.39, 0.29) is 23.7 Å². The van der Waals surface area contributed by atoms with Gasteiger partial charge in [0.1, 0.15) is 5.60 Å². The predicted octanol–water partition coefficient (Wildman–Crippen LogP) is 1.92. The van der Waals surface area contributed by atoms with Crippen LogP contribution in [-0.2, 0) is 4.74 Å². The van der Waals surface area contributed by atoms with Crippen molar-refractivity contribution >= 4 is 23.3 Å². The standard InChI is InChI=1S/C10H20N2O2S/c1-7(2)12(6-8(11)15)9(13)14-10(3,4)5/h7H,6H2,1-5H3,(H2,11,15). The number of rotatable bonds is 3. The van der Waals surface area contributed by atoms with Crippen molar-refractivity contribution in [3.8, 4) is 0 Å². The van der Waals surface area contributed by atoms with Gasteiger partial charge >= 0.3 is 6.09 Å². The molecule has 0 aromatic rings. The molecular formula is C10H20N2O2S. The zero-order chi connectivity index (χ0) is 12.2. The summed E-state index contributed by atoms with van der Waals surface area (Å²) in [5.41, 5.74) is 4.92. The molecule has 0 aliphatic rings. The molecule has 0 atom stereocenters. The highest BCUT2D eigenvalue weighted by molar-refractivity contribution is 7.80. The van der Waals surface area contributed by atoms with Gasteiger partial charge in [0.05, 0.1) is 11.5 Å². The van der Waals surface area contributed by atoms with E-state index in [4.69, 9.17) is 22.7 Å². The summed E-state index contributed by atoms with van der Waals surface area (Å²) in [6, 6.07) is 0.0151. The fraction of sp³-hybridized carbons (Fsp3) is 0.800. The van der Waals surface area contributed by atoms with Crippen LogP contribution in [0, 0.1) is 0 Å². The monoisotopic (exact) mass is 232 g/mol. The Bertz CT molecular complexity index is 246. The van der Waals surface area contributed by atoms with E-state index in [0.29, 0.717) is 0 Å². The molecule has 0 radical (unpaired) electrons. The number of thiocarbonyl (C=S) groups is 1. The SMILES string of the molecule is CC(C)N(CC(N)=S)C(=O)OC(C)(C)C. The summed E-state index contributed by atoms with van der Waals surface area (Å²) in [6.07, 6.45) is -0.384. The van der Waals surface area contributed by atoms with Crippen LogP contribution in [0.2, 0.25) is 0 Å². The van der Waals surface area contributed by atoms with E-state index in [9.17, 15) is 4.79 Å². The molecule has 4 nitrogen and oxygen atoms in total. The maximum atomic E-state index is 11.7. The van der Waals surface area contributed by atoms with Gasteiger partial charge in [0, 0.05) is 6.04 Å². The molecule has 0 rings (SSSR count). The van der Waals surface area contributed by atoms with Crippen LogP contribution in [-0.4, -0.2) is 34.2 Å². The third-order valence-electron chi connectivity index (χ3n) is 1.58. The van der Waals surface area contributed by atoms with Crippen LogP contribution >= 0.6 is 12.2 Å². The van der Waals surface area contributed by atoms with E-state index < -0.39 is 5.60 Å². The maximum Gasteiger partial charge on any atom is 0.410 e. The van der Waals surface area contributed by atoms with Gasteiger partial charge in [-0.3, -0.25) is 4.90 Å². The van der Waals surface area contributed by atoms with Crippen molar-refractivity contribution in [3.05, 3.63) is 0 Å². The van der Waals surface area contributed by atoms with Crippen molar-refractivity contribution in [2.24, 2.45) is 5.73 Å². The summed E-state index contributed by atoms with van der Waals surface area (Å²) in [7, 11) is 0. The molecule has 15 heavy (non-hydrogen) atoms. The van der Waals surface area contributed by atoms with Crippen LogP contribution < -0.4 is 5.73 Å². The third-order valence-corrected chi connectivity index (χ3v) is 1.71. The second-order valence-corrected chi connectivity index (χ2v) is 5.19. The van der Waals surface area contributed by atoms with Gasteiger partial charge in [-0.1, -0.05) is 12.2 Å². The first kappa shape index (κ1) is 14.2. The minimum atomic E-state index is -0.500. The normalized spacial score (nSPS) is 11.3. The topological polar surface area (TPSA) is 55.6 Å². The Morgan fingerprint density at radius 1 is 1.47 bits per heavy atom. The average molecular weight is 232 g/mol. The van der Waals surface area contributed by atoms with Gasteiger partial charge in [-0.15, -0.1) is 0 Å². The zero-order valence-electron chi connectivity index (χ0n) is 10.0. The van der Waals surface area contributed by atoms with Gasteiger partial charge < -0.3 is 10.5 Å². The molecule has 0 fully saturated rings. The Hall–Kier alpha value is -0.840. The lowest BCUT2D eigenvalue weighted by molar-refractivity contribution is 0.0226. The van der Waals surface area contributed by atoms with Crippen molar-refractivity contribution in [1.82, 2.24) is 4.90 Å². The van der Waals surface area contributed by atoms with Crippen molar-refractivity contribution in [2.75, 3.05) is 6.54 Å². The lowest BCUT2D eigenvalue weighted by Gasteiger charge is -2.29. The summed E-state index contributed by atoms with van der Waals surface area (Å²) in [6.45, 7) is 9.50. The molecule has 0 heterocycles. The van der Waals surface area contributed by atoms with Crippen molar-refractivity contribution in [3.63, 3.8) is 0 Å². The summed E-state index contributed by atoms with van der Waals surface area (Å²) < 4.78 is 5.23. The predicted molar refractivity (Wildman–Crippen MR) is 64.9 cm³/mol. The van der Waals surface area contributed by atoms with E-state index in [0.717, 1.165) is 0 Å². The lowest BCUT2D eigenvalue weighted by atomic mass is 10.2. The second-order valence-electron chi connectivity index (χ2n) is 4.67. The smallest absolute Gasteiger partial charge is 0.410 e. The number of carbonyl (C=O) groups is 1. The molecular weight excluding hydrogens is 212 g/mol. The largest absolute Gasteiger partial charge is 0.444 e. The second kappa shape index (κ2) is 5.30. The Kier molecular flexibility index (Phi) is 5.00. The molecule has 0 aromatic carbocycles. The van der Waals surface area contributed by atoms with Crippen LogP contribution in [0.1, 0.15) is 34.6 Å². The van der Waals surface area contributed by atoms with Crippen LogP contribution in [0.4, 0.5) is 4.79 Å². The molecule has 88 valence electrons. The molecule has 0 saturated carbocycles. The van der Waals surface area contributed by atoms with Crippen molar-refractivity contribution in [2.45, 2.75) is 46.3 Å². The van der Waals surface area contributed by atoms with Crippen LogP contribution in [0.5, 0.6) is 0 Å². The summed E-state index contributed by atoms with van der Waals surface area (Å²) in [4.78, 5) is 13.5. The Morgan fingerprint density at radius 2 is 1.93 bits per heavy atom. The van der Waals surface area contributed by atoms with E-state index in [1.807, 2.05) is 34.6 Å². The molecule has 0 aliphatic carbocycles. The first-order valence-electron chi connectivity index (χ1n) is 4.91. The molecule has 2 N–H and O–H groups in total. The van der Waals surface area contributed by atoms with Crippen molar-refractivity contribution in [1.29, 1.82) is 0 Å². The van der Waals surface area contributed by atoms with Crippen LogP contribution in [0.3, 0.4) is 0 Å². The van der Waals surface area contributed by atoms with Crippen molar-refractivity contribution < 1.29 is 9.53 Å². The zero-order valence-corrected chi connectivity index (χ0v) is 10.9. The summed E-state index contributed by atoms with van der Waals surface area (Å²) in [5, 5.41) is 0. The number of hydrogen-bond donors (Lipinski definition) is 1. The third kappa shape index (κ3) is 6.28. The molecule has 0 aromatic heterocycles. The van der Waals surface area contributed by atoms with E-state index >= 15 is 0 Å². The summed E-state index contributed by atoms with van der Waals surface area (Å²) >= 11 is 4.78. The fourth-order valence-electron chi connectivity index (χ4n) is 0.946. The molecule has 1 amide bonds. The van der Waals surface area contributed by atoms with Crippen LogP contribution in [0.25, 0.3) is 0 Å². The first-order chi connectivity index (χ1) is 6.63. The van der Waals surface area contributed by atoms with Gasteiger partial charge in [0.15, 0.2) is 0 Å². The van der Waals surface area contributed by atoms with E-state index in [1.165, 1.54) is 4.90 Å². The van der Waals surface area contributed by atoms with Gasteiger partial charge in [0.25, 0.3) is 0 Å². The van der Waals surface area contributed by atoms with Gasteiger partial charge in [-0.25, -0.2) is 4.79 Å². The molecule has 0 spiro atoms. The van der Waals surface area contributed by atoms with Gasteiger partial charge in [-0.2, -0.15) is 0 Å². The molecule has 5 heteroatoms. The quantitative estimate of drug-likeness (QED) is 0.755.